The van der Waals surface area contributed by atoms with Crippen molar-refractivity contribution in [1.82, 2.24) is 10.3 Å². The molecule has 2 N–H and O–H groups in total. The van der Waals surface area contributed by atoms with E-state index in [1.807, 2.05) is 11.8 Å². The Bertz CT molecular complexity index is 719. The highest BCUT2D eigenvalue weighted by Gasteiger charge is 2.38. The van der Waals surface area contributed by atoms with Gasteiger partial charge in [0.1, 0.15) is 15.6 Å². The lowest BCUT2D eigenvalue weighted by Gasteiger charge is -2.29. The Morgan fingerprint density at radius 2 is 2.08 bits per heavy atom. The molecular weight excluding hydrogens is 406 g/mol. The van der Waals surface area contributed by atoms with Crippen LogP contribution in [0.3, 0.4) is 0 Å². The summed E-state index contributed by atoms with van der Waals surface area (Å²) >= 11 is 3.39. The molecule has 1 aromatic rings. The van der Waals surface area contributed by atoms with Gasteiger partial charge in [0.15, 0.2) is 0 Å². The average Bonchev–Trinajstić information content (AvgIpc) is 2.85. The van der Waals surface area contributed by atoms with Gasteiger partial charge in [-0.2, -0.15) is 0 Å². The van der Waals surface area contributed by atoms with Crippen LogP contribution in [-0.4, -0.2) is 53.5 Å². The summed E-state index contributed by atoms with van der Waals surface area (Å²) < 4.78 is 11.0. The van der Waals surface area contributed by atoms with E-state index in [-0.39, 0.29) is 5.56 Å². The van der Waals surface area contributed by atoms with E-state index in [1.54, 1.807) is 20.8 Å². The Balaban J connectivity index is 2.25. The fourth-order valence-electron chi connectivity index (χ4n) is 2.87. The first kappa shape index (κ1) is 20.3. The first-order chi connectivity index (χ1) is 12.0. The molecule has 2 rings (SSSR count). The van der Waals surface area contributed by atoms with Gasteiger partial charge in [0.2, 0.25) is 5.88 Å². The predicted octanol–water partition coefficient (Wildman–Crippen LogP) is 3.04. The van der Waals surface area contributed by atoms with Gasteiger partial charge in [-0.3, -0.25) is 0 Å². The molecule has 0 aromatic carbocycles. The fourth-order valence-corrected chi connectivity index (χ4v) is 3.60. The standard InChI is InChI=1S/C17H24BrN3O5/c1-16(2,3)26-15(24)20-17(4)6-7-21(9-17)12-10(14(22)23)8-19-13(25-5)11(12)18/h8H,6-7,9H2,1-5H3,(H,20,24)(H,22,23). The maximum atomic E-state index is 12.1. The fraction of sp³-hybridized carbons (Fsp3) is 0.588. The van der Waals surface area contributed by atoms with E-state index in [9.17, 15) is 14.7 Å². The average molecular weight is 430 g/mol. The lowest BCUT2D eigenvalue weighted by atomic mass is 10.0. The van der Waals surface area contributed by atoms with E-state index >= 15 is 0 Å². The van der Waals surface area contributed by atoms with Crippen LogP contribution in [0.1, 0.15) is 44.5 Å². The minimum atomic E-state index is -1.08. The number of nitrogens with one attached hydrogen (secondary N) is 1. The third kappa shape index (κ3) is 4.57. The zero-order valence-corrected chi connectivity index (χ0v) is 17.1. The molecule has 8 nitrogen and oxygen atoms in total. The normalized spacial score (nSPS) is 20.0. The zero-order chi connectivity index (χ0) is 19.7. The second-order valence-electron chi connectivity index (χ2n) is 7.51. The lowest BCUT2D eigenvalue weighted by Crippen LogP contribution is -2.49. The van der Waals surface area contributed by atoms with Crippen LogP contribution in [0.4, 0.5) is 10.5 Å². The molecule has 2 heterocycles. The minimum Gasteiger partial charge on any atom is -0.480 e. The number of carboxylic acids is 1. The number of carbonyl (C=O) groups is 2. The van der Waals surface area contributed by atoms with Crippen molar-refractivity contribution in [2.24, 2.45) is 0 Å². The molecule has 1 aliphatic heterocycles. The van der Waals surface area contributed by atoms with Gasteiger partial charge < -0.3 is 24.8 Å². The van der Waals surface area contributed by atoms with Gasteiger partial charge in [0.05, 0.1) is 18.3 Å². The summed E-state index contributed by atoms with van der Waals surface area (Å²) in [4.78, 5) is 29.6. The molecule has 26 heavy (non-hydrogen) atoms. The number of aromatic carboxylic acids is 1. The molecule has 9 heteroatoms. The molecule has 1 saturated heterocycles. The predicted molar refractivity (Wildman–Crippen MR) is 100 cm³/mol. The highest BCUT2D eigenvalue weighted by Crippen LogP contribution is 2.39. The molecule has 1 atom stereocenters. The van der Waals surface area contributed by atoms with Crippen LogP contribution in [0.2, 0.25) is 0 Å². The van der Waals surface area contributed by atoms with Crippen molar-refractivity contribution in [3.8, 4) is 5.88 Å². The number of aromatic nitrogens is 1. The number of anilines is 1. The van der Waals surface area contributed by atoms with Gasteiger partial charge in [-0.15, -0.1) is 0 Å². The summed E-state index contributed by atoms with van der Waals surface area (Å²) in [7, 11) is 1.47. The number of halogens is 1. The quantitative estimate of drug-likeness (QED) is 0.757. The molecular formula is C17H24BrN3O5. The second kappa shape index (κ2) is 7.30. The Kier molecular flexibility index (Phi) is 5.70. The lowest BCUT2D eigenvalue weighted by molar-refractivity contribution is 0.0472. The van der Waals surface area contributed by atoms with E-state index in [0.29, 0.717) is 35.6 Å². The number of nitrogens with zero attached hydrogens (tertiary/aromatic N) is 2. The van der Waals surface area contributed by atoms with Gasteiger partial charge in [-0.05, 0) is 50.0 Å². The number of amides is 1. The molecule has 0 aliphatic carbocycles. The molecule has 0 spiro atoms. The van der Waals surface area contributed by atoms with E-state index < -0.39 is 23.2 Å². The Morgan fingerprint density at radius 3 is 2.62 bits per heavy atom. The third-order valence-corrected chi connectivity index (χ3v) is 4.69. The van der Waals surface area contributed by atoms with Crippen LogP contribution >= 0.6 is 15.9 Å². The van der Waals surface area contributed by atoms with Crippen molar-refractivity contribution >= 4 is 33.7 Å². The first-order valence-electron chi connectivity index (χ1n) is 8.18. The summed E-state index contributed by atoms with van der Waals surface area (Å²) in [6, 6.07) is 0. The highest BCUT2D eigenvalue weighted by molar-refractivity contribution is 9.10. The van der Waals surface area contributed by atoms with E-state index in [0.717, 1.165) is 0 Å². The van der Waals surface area contributed by atoms with Crippen LogP contribution < -0.4 is 15.0 Å². The topological polar surface area (TPSA) is 101 Å². The van der Waals surface area contributed by atoms with Crippen molar-refractivity contribution in [3.63, 3.8) is 0 Å². The molecule has 0 radical (unpaired) electrons. The molecule has 0 bridgehead atoms. The van der Waals surface area contributed by atoms with Gasteiger partial charge in [-0.25, -0.2) is 14.6 Å². The number of rotatable bonds is 4. The number of ether oxygens (including phenoxy) is 2. The van der Waals surface area contributed by atoms with Crippen molar-refractivity contribution in [2.75, 3.05) is 25.1 Å². The summed E-state index contributed by atoms with van der Waals surface area (Å²) in [5.41, 5.74) is -0.580. The van der Waals surface area contributed by atoms with Crippen LogP contribution in [0.5, 0.6) is 5.88 Å². The molecule has 1 unspecified atom stereocenters. The van der Waals surface area contributed by atoms with Crippen molar-refractivity contribution in [3.05, 3.63) is 16.2 Å². The van der Waals surface area contributed by atoms with Crippen molar-refractivity contribution in [2.45, 2.75) is 45.3 Å². The SMILES string of the molecule is COc1ncc(C(=O)O)c(N2CCC(C)(NC(=O)OC(C)(C)C)C2)c1Br. The number of pyridine rings is 1. The summed E-state index contributed by atoms with van der Waals surface area (Å²) in [6.45, 7) is 8.31. The van der Waals surface area contributed by atoms with Crippen LogP contribution in [0.25, 0.3) is 0 Å². The van der Waals surface area contributed by atoms with E-state index in [1.165, 1.54) is 13.3 Å². The number of hydrogen-bond acceptors (Lipinski definition) is 6. The van der Waals surface area contributed by atoms with E-state index in [4.69, 9.17) is 9.47 Å². The van der Waals surface area contributed by atoms with Crippen LogP contribution in [0, 0.1) is 0 Å². The Morgan fingerprint density at radius 1 is 1.42 bits per heavy atom. The Labute approximate surface area is 161 Å². The third-order valence-electron chi connectivity index (χ3n) is 3.98. The summed E-state index contributed by atoms with van der Waals surface area (Å²) in [5, 5.41) is 12.4. The maximum Gasteiger partial charge on any atom is 0.408 e. The largest absolute Gasteiger partial charge is 0.480 e. The molecule has 1 fully saturated rings. The molecule has 1 aromatic heterocycles. The number of methoxy groups -OCH3 is 1. The van der Waals surface area contributed by atoms with Crippen molar-refractivity contribution < 1.29 is 24.2 Å². The maximum absolute atomic E-state index is 12.1. The molecule has 0 saturated carbocycles. The summed E-state index contributed by atoms with van der Waals surface area (Å²) in [5.74, 6) is -0.775. The Hall–Kier alpha value is -2.03. The van der Waals surface area contributed by atoms with E-state index in [2.05, 4.69) is 26.2 Å². The number of carbonyl (C=O) groups excluding carboxylic acids is 1. The molecule has 144 valence electrons. The monoisotopic (exact) mass is 429 g/mol. The molecule has 1 amide bonds. The number of alkyl carbamates (subject to hydrolysis) is 1. The number of carboxylic acid groups (broad SMARTS) is 1. The zero-order valence-electron chi connectivity index (χ0n) is 15.6. The van der Waals surface area contributed by atoms with Gasteiger partial charge >= 0.3 is 12.1 Å². The smallest absolute Gasteiger partial charge is 0.408 e. The highest BCUT2D eigenvalue weighted by atomic mass is 79.9. The van der Waals surface area contributed by atoms with Crippen molar-refractivity contribution in [1.29, 1.82) is 0 Å². The van der Waals surface area contributed by atoms with Gasteiger partial charge in [0.25, 0.3) is 0 Å². The minimum absolute atomic E-state index is 0.0687. The van der Waals surface area contributed by atoms with Crippen LogP contribution in [-0.2, 0) is 4.74 Å². The summed E-state index contributed by atoms with van der Waals surface area (Å²) in [6.07, 6.45) is 1.42. The second-order valence-corrected chi connectivity index (χ2v) is 8.30. The van der Waals surface area contributed by atoms with Gasteiger partial charge in [0, 0.05) is 19.3 Å². The first-order valence-corrected chi connectivity index (χ1v) is 8.97. The number of hydrogen-bond donors (Lipinski definition) is 2. The van der Waals surface area contributed by atoms with Gasteiger partial charge in [-0.1, -0.05) is 0 Å². The van der Waals surface area contributed by atoms with Crippen LogP contribution in [0.15, 0.2) is 10.7 Å². The molecule has 1 aliphatic rings.